The first kappa shape index (κ1) is 20.6. The Hall–Kier alpha value is -1.68. The molecule has 0 aliphatic rings. The Kier molecular flexibility index (Phi) is 5.67. The topological polar surface area (TPSA) is 42.2 Å². The Labute approximate surface area is 162 Å². The van der Waals surface area contributed by atoms with Crippen molar-refractivity contribution in [1.29, 1.82) is 0 Å². The number of phenols is 1. The fourth-order valence-corrected chi connectivity index (χ4v) is 3.29. The molecule has 0 spiro atoms. The number of ketones is 1. The SMILES string of the molecule is Cn1cc(C(=O)CCc2cc(C(C)(C)C)c(O)c(C(C)(C)C)c2)cc1S. The van der Waals surface area contributed by atoms with Gasteiger partial charge in [-0.15, -0.1) is 12.6 Å². The van der Waals surface area contributed by atoms with Crippen LogP contribution >= 0.6 is 12.6 Å². The van der Waals surface area contributed by atoms with Crippen LogP contribution < -0.4 is 0 Å². The van der Waals surface area contributed by atoms with Crippen LogP contribution in [-0.4, -0.2) is 15.5 Å². The molecule has 0 atom stereocenters. The first-order valence-corrected chi connectivity index (χ1v) is 9.51. The van der Waals surface area contributed by atoms with Crippen molar-refractivity contribution in [3.05, 3.63) is 46.6 Å². The molecule has 0 unspecified atom stereocenters. The predicted molar refractivity (Wildman–Crippen MR) is 111 cm³/mol. The average Bonchev–Trinajstić information content (AvgIpc) is 2.83. The molecule has 2 aromatic rings. The summed E-state index contributed by atoms with van der Waals surface area (Å²) < 4.78 is 1.84. The minimum Gasteiger partial charge on any atom is -0.507 e. The van der Waals surface area contributed by atoms with Crippen LogP contribution in [0.25, 0.3) is 0 Å². The van der Waals surface area contributed by atoms with Gasteiger partial charge in [0.2, 0.25) is 0 Å². The molecule has 2 rings (SSSR count). The molecule has 0 saturated carbocycles. The largest absolute Gasteiger partial charge is 0.507 e. The van der Waals surface area contributed by atoms with Crippen molar-refractivity contribution < 1.29 is 9.90 Å². The zero-order valence-electron chi connectivity index (χ0n) is 17.0. The van der Waals surface area contributed by atoms with E-state index in [1.165, 1.54) is 0 Å². The summed E-state index contributed by atoms with van der Waals surface area (Å²) in [5.41, 5.74) is 3.33. The smallest absolute Gasteiger partial charge is 0.164 e. The van der Waals surface area contributed by atoms with Gasteiger partial charge in [-0.2, -0.15) is 0 Å². The maximum atomic E-state index is 12.5. The minimum absolute atomic E-state index is 0.114. The number of carbonyl (C=O) groups is 1. The third kappa shape index (κ3) is 4.53. The van der Waals surface area contributed by atoms with Crippen LogP contribution in [-0.2, 0) is 24.3 Å². The van der Waals surface area contributed by atoms with Crippen LogP contribution in [0.1, 0.15) is 75.0 Å². The van der Waals surface area contributed by atoms with Gasteiger partial charge < -0.3 is 9.67 Å². The Morgan fingerprint density at radius 3 is 1.92 bits per heavy atom. The summed E-state index contributed by atoms with van der Waals surface area (Å²) in [6.07, 6.45) is 2.92. The van der Waals surface area contributed by atoms with Gasteiger partial charge in [0.05, 0.1) is 5.03 Å². The zero-order valence-corrected chi connectivity index (χ0v) is 17.9. The Morgan fingerprint density at radius 1 is 1.04 bits per heavy atom. The summed E-state index contributed by atoms with van der Waals surface area (Å²) in [5.74, 6) is 0.492. The summed E-state index contributed by atoms with van der Waals surface area (Å²) >= 11 is 4.34. The van der Waals surface area contributed by atoms with E-state index in [9.17, 15) is 9.90 Å². The lowest BCUT2D eigenvalue weighted by Crippen LogP contribution is -2.18. The summed E-state index contributed by atoms with van der Waals surface area (Å²) in [6.45, 7) is 12.6. The molecule has 0 aliphatic carbocycles. The average molecular weight is 374 g/mol. The summed E-state index contributed by atoms with van der Waals surface area (Å²) in [7, 11) is 1.88. The standard InChI is InChI=1S/C22H31NO2S/c1-21(2,3)16-10-14(11-17(20(16)25)22(4,5)6)8-9-18(24)15-12-19(26)23(7)13-15/h10-13,25-26H,8-9H2,1-7H3. The normalized spacial score (nSPS) is 12.5. The second kappa shape index (κ2) is 7.15. The first-order valence-electron chi connectivity index (χ1n) is 9.06. The van der Waals surface area contributed by atoms with Crippen molar-refractivity contribution >= 4 is 18.4 Å². The van der Waals surface area contributed by atoms with Gasteiger partial charge in [-0.05, 0) is 40.0 Å². The molecular formula is C22H31NO2S. The first-order chi connectivity index (χ1) is 11.8. The molecule has 1 aromatic carbocycles. The summed E-state index contributed by atoms with van der Waals surface area (Å²) in [4.78, 5) is 12.5. The number of aromatic hydroxyl groups is 1. The van der Waals surface area contributed by atoms with Crippen LogP contribution in [0.5, 0.6) is 5.75 Å². The number of aryl methyl sites for hydroxylation is 2. The van der Waals surface area contributed by atoms with Crippen molar-refractivity contribution in [2.24, 2.45) is 7.05 Å². The number of hydrogen-bond acceptors (Lipinski definition) is 3. The highest BCUT2D eigenvalue weighted by Crippen LogP contribution is 2.40. The van der Waals surface area contributed by atoms with Crippen LogP contribution in [0.2, 0.25) is 0 Å². The van der Waals surface area contributed by atoms with E-state index in [0.717, 1.165) is 21.7 Å². The lowest BCUT2D eigenvalue weighted by atomic mass is 9.78. The lowest BCUT2D eigenvalue weighted by molar-refractivity contribution is 0.0983. The van der Waals surface area contributed by atoms with E-state index in [1.807, 2.05) is 36.0 Å². The van der Waals surface area contributed by atoms with Crippen molar-refractivity contribution in [3.63, 3.8) is 0 Å². The maximum Gasteiger partial charge on any atom is 0.164 e. The fraction of sp³-hybridized carbons (Fsp3) is 0.500. The number of aromatic nitrogens is 1. The third-order valence-corrected chi connectivity index (χ3v) is 5.17. The number of rotatable bonds is 4. The number of hydrogen-bond donors (Lipinski definition) is 2. The van der Waals surface area contributed by atoms with E-state index in [0.29, 0.717) is 24.2 Å². The van der Waals surface area contributed by atoms with Gasteiger partial charge in [-0.3, -0.25) is 4.79 Å². The van der Waals surface area contributed by atoms with E-state index in [4.69, 9.17) is 0 Å². The molecule has 0 fully saturated rings. The van der Waals surface area contributed by atoms with Gasteiger partial charge >= 0.3 is 0 Å². The molecule has 1 heterocycles. The quantitative estimate of drug-likeness (QED) is 0.554. The second-order valence-electron chi connectivity index (χ2n) is 9.16. The number of thiol groups is 1. The molecule has 0 radical (unpaired) electrons. The van der Waals surface area contributed by atoms with Crippen LogP contribution in [0.4, 0.5) is 0 Å². The van der Waals surface area contributed by atoms with E-state index >= 15 is 0 Å². The number of nitrogens with zero attached hydrogens (tertiary/aromatic N) is 1. The number of benzene rings is 1. The Morgan fingerprint density at radius 2 is 1.54 bits per heavy atom. The van der Waals surface area contributed by atoms with Gasteiger partial charge in [0.15, 0.2) is 5.78 Å². The monoisotopic (exact) mass is 373 g/mol. The van der Waals surface area contributed by atoms with E-state index in [-0.39, 0.29) is 16.6 Å². The van der Waals surface area contributed by atoms with Gasteiger partial charge in [0, 0.05) is 25.2 Å². The molecule has 0 bridgehead atoms. The van der Waals surface area contributed by atoms with Crippen LogP contribution in [0.15, 0.2) is 29.4 Å². The van der Waals surface area contributed by atoms with Crippen LogP contribution in [0, 0.1) is 0 Å². The van der Waals surface area contributed by atoms with E-state index in [1.54, 1.807) is 0 Å². The second-order valence-corrected chi connectivity index (χ2v) is 9.62. The highest BCUT2D eigenvalue weighted by atomic mass is 32.1. The number of Topliss-reactive ketones (excluding diaryl/α,β-unsaturated/α-hetero) is 1. The summed E-state index contributed by atoms with van der Waals surface area (Å²) in [6, 6.07) is 5.91. The van der Waals surface area contributed by atoms with Gasteiger partial charge in [-0.1, -0.05) is 53.7 Å². The number of phenolic OH excluding ortho intramolecular Hbond substituents is 1. The van der Waals surface area contributed by atoms with E-state index < -0.39 is 0 Å². The van der Waals surface area contributed by atoms with Crippen molar-refractivity contribution in [2.45, 2.75) is 70.2 Å². The van der Waals surface area contributed by atoms with Gasteiger partial charge in [-0.25, -0.2) is 0 Å². The maximum absolute atomic E-state index is 12.5. The van der Waals surface area contributed by atoms with Crippen LogP contribution in [0.3, 0.4) is 0 Å². The highest BCUT2D eigenvalue weighted by Gasteiger charge is 2.26. The molecule has 142 valence electrons. The predicted octanol–water partition coefficient (Wildman–Crippen LogP) is 5.43. The van der Waals surface area contributed by atoms with Gasteiger partial charge in [0.1, 0.15) is 5.75 Å². The molecule has 1 aromatic heterocycles. The van der Waals surface area contributed by atoms with Crippen molar-refractivity contribution in [2.75, 3.05) is 0 Å². The number of carbonyl (C=O) groups excluding carboxylic acids is 1. The molecule has 0 aliphatic heterocycles. The molecular weight excluding hydrogens is 342 g/mol. The molecule has 0 saturated heterocycles. The minimum atomic E-state index is -0.162. The third-order valence-electron chi connectivity index (χ3n) is 4.73. The molecule has 0 amide bonds. The fourth-order valence-electron chi connectivity index (χ4n) is 3.09. The van der Waals surface area contributed by atoms with Crippen molar-refractivity contribution in [1.82, 2.24) is 4.57 Å². The molecule has 1 N–H and O–H groups in total. The Balaban J connectivity index is 2.33. The lowest BCUT2D eigenvalue weighted by Gasteiger charge is -2.28. The molecule has 4 heteroatoms. The van der Waals surface area contributed by atoms with Crippen molar-refractivity contribution in [3.8, 4) is 5.75 Å². The molecule has 3 nitrogen and oxygen atoms in total. The van der Waals surface area contributed by atoms with Gasteiger partial charge in [0.25, 0.3) is 0 Å². The zero-order chi connectivity index (χ0) is 19.9. The Bertz CT molecular complexity index is 765. The molecule has 26 heavy (non-hydrogen) atoms. The summed E-state index contributed by atoms with van der Waals surface area (Å²) in [5, 5.41) is 11.6. The highest BCUT2D eigenvalue weighted by molar-refractivity contribution is 7.80. The van der Waals surface area contributed by atoms with E-state index in [2.05, 4.69) is 54.2 Å².